The van der Waals surface area contributed by atoms with Crippen LogP contribution in [0.1, 0.15) is 15.9 Å². The van der Waals surface area contributed by atoms with Gasteiger partial charge in [0.2, 0.25) is 10.0 Å². The Morgan fingerprint density at radius 2 is 1.33 bits per heavy atom. The number of hydrogen-bond acceptors (Lipinski definition) is 8. The molecule has 0 bridgehead atoms. The van der Waals surface area contributed by atoms with Gasteiger partial charge in [-0.25, -0.2) is 22.3 Å². The van der Waals surface area contributed by atoms with E-state index in [4.69, 9.17) is 9.47 Å². The summed E-state index contributed by atoms with van der Waals surface area (Å²) in [6.45, 7) is -0.446. The summed E-state index contributed by atoms with van der Waals surface area (Å²) < 4.78 is 38.3. The fourth-order valence-corrected chi connectivity index (χ4v) is 7.30. The van der Waals surface area contributed by atoms with Gasteiger partial charge in [-0.2, -0.15) is 0 Å². The Morgan fingerprint density at radius 3 is 1.94 bits per heavy atom. The van der Waals surface area contributed by atoms with Gasteiger partial charge < -0.3 is 19.3 Å². The van der Waals surface area contributed by atoms with Gasteiger partial charge >= 0.3 is 12.1 Å². The summed E-state index contributed by atoms with van der Waals surface area (Å²) in [7, 11) is 1.57. The molecule has 270 valence electrons. The van der Waals surface area contributed by atoms with Crippen LogP contribution < -0.4 is 19.3 Å². The lowest BCUT2D eigenvalue weighted by molar-refractivity contribution is -0.122. The van der Waals surface area contributed by atoms with Crippen molar-refractivity contribution in [2.45, 2.75) is 12.5 Å². The first-order chi connectivity index (χ1) is 25.0. The standard InChI is InChI=1S/C38H39N5O8S/c1-39(2)52(48,49)25-34(45)32-24-40(37(46)43(30-17-9-11-19-35(30)50-3)31-18-10-12-20-36(31)51-4)21-22-41(32)38(47)42-28-15-7-5-13-26(28)23-33(44)27-14-6-8-16-29(27)42/h5-20,32H,21-25H2,1-4H3/t32-/m0/s1. The van der Waals surface area contributed by atoms with Gasteiger partial charge in [-0.05, 0) is 48.0 Å². The van der Waals surface area contributed by atoms with E-state index in [0.717, 1.165) is 4.31 Å². The highest BCUT2D eigenvalue weighted by Crippen LogP contribution is 2.40. The minimum atomic E-state index is -4.05. The highest BCUT2D eigenvalue weighted by Gasteiger charge is 2.43. The van der Waals surface area contributed by atoms with E-state index < -0.39 is 39.7 Å². The monoisotopic (exact) mass is 725 g/mol. The number of benzene rings is 4. The van der Waals surface area contributed by atoms with E-state index in [0.29, 0.717) is 45.4 Å². The quantitative estimate of drug-likeness (QED) is 0.245. The van der Waals surface area contributed by atoms with Crippen molar-refractivity contribution >= 4 is 56.4 Å². The number of ether oxygens (including phenoxy) is 2. The van der Waals surface area contributed by atoms with Crippen LogP contribution in [0.15, 0.2) is 97.1 Å². The SMILES string of the molecule is COc1ccccc1N(C(=O)N1CCN(C(=O)N2c3ccccc3CC(=O)c3ccccc32)[C@H](C(=O)CS(=O)(=O)N(C)C)C1)c1ccccc1OC. The number of nitrogens with zero attached hydrogens (tertiary/aromatic N) is 5. The lowest BCUT2D eigenvalue weighted by atomic mass is 10.0. The lowest BCUT2D eigenvalue weighted by Crippen LogP contribution is -2.63. The van der Waals surface area contributed by atoms with Crippen molar-refractivity contribution in [1.82, 2.24) is 14.1 Å². The minimum absolute atomic E-state index is 0.00829. The third-order valence-electron chi connectivity index (χ3n) is 9.21. The van der Waals surface area contributed by atoms with Crippen molar-refractivity contribution in [2.75, 3.05) is 63.5 Å². The van der Waals surface area contributed by atoms with Crippen molar-refractivity contribution in [3.8, 4) is 11.5 Å². The van der Waals surface area contributed by atoms with Crippen LogP contribution in [0.2, 0.25) is 0 Å². The first kappa shape index (κ1) is 36.1. The Balaban J connectivity index is 1.43. The van der Waals surface area contributed by atoms with Crippen LogP contribution in [-0.4, -0.2) is 106 Å². The molecule has 4 aromatic rings. The van der Waals surface area contributed by atoms with Gasteiger partial charge in [-0.1, -0.05) is 54.6 Å². The number of urea groups is 2. The smallest absolute Gasteiger partial charge is 0.329 e. The molecule has 1 atom stereocenters. The maximum Gasteiger partial charge on any atom is 0.329 e. The number of ketones is 2. The fraction of sp³-hybridized carbons (Fsp3) is 0.263. The maximum atomic E-state index is 14.9. The normalized spacial score (nSPS) is 15.8. The van der Waals surface area contributed by atoms with Gasteiger partial charge in [0, 0.05) is 39.2 Å². The number of amides is 4. The van der Waals surface area contributed by atoms with Crippen molar-refractivity contribution in [3.63, 3.8) is 0 Å². The van der Waals surface area contributed by atoms with Gasteiger partial charge in [0.05, 0.1) is 43.5 Å². The number of hydrogen-bond donors (Lipinski definition) is 0. The Morgan fingerprint density at radius 1 is 0.769 bits per heavy atom. The van der Waals surface area contributed by atoms with Crippen molar-refractivity contribution in [3.05, 3.63) is 108 Å². The fourth-order valence-electron chi connectivity index (χ4n) is 6.49. The molecule has 1 saturated heterocycles. The van der Waals surface area contributed by atoms with Crippen LogP contribution in [0.3, 0.4) is 0 Å². The average molecular weight is 726 g/mol. The summed E-state index contributed by atoms with van der Waals surface area (Å²) in [5, 5.41) is 0. The minimum Gasteiger partial charge on any atom is -0.495 e. The molecular weight excluding hydrogens is 687 g/mol. The zero-order valence-electron chi connectivity index (χ0n) is 29.3. The molecule has 2 aliphatic heterocycles. The van der Waals surface area contributed by atoms with Gasteiger partial charge in [0.1, 0.15) is 23.3 Å². The van der Waals surface area contributed by atoms with Gasteiger partial charge in [0.25, 0.3) is 0 Å². The molecule has 1 fully saturated rings. The lowest BCUT2D eigenvalue weighted by Gasteiger charge is -2.44. The van der Waals surface area contributed by atoms with E-state index in [1.807, 2.05) is 0 Å². The Labute approximate surface area is 302 Å². The van der Waals surface area contributed by atoms with Crippen LogP contribution >= 0.6 is 0 Å². The molecule has 0 aliphatic carbocycles. The topological polar surface area (TPSA) is 137 Å². The van der Waals surface area contributed by atoms with E-state index in [1.54, 1.807) is 97.1 Å². The Kier molecular flexibility index (Phi) is 10.3. The van der Waals surface area contributed by atoms with Gasteiger partial charge in [-0.3, -0.25) is 19.4 Å². The number of sulfonamides is 1. The summed E-state index contributed by atoms with van der Waals surface area (Å²) in [5.74, 6) is -1.05. The predicted octanol–water partition coefficient (Wildman–Crippen LogP) is 5.11. The maximum absolute atomic E-state index is 14.9. The number of Topliss-reactive ketones (excluding diaryl/α,β-unsaturated/α-hetero) is 2. The first-order valence-corrected chi connectivity index (χ1v) is 18.2. The highest BCUT2D eigenvalue weighted by molar-refractivity contribution is 7.89. The van der Waals surface area contributed by atoms with Crippen LogP contribution in [0.25, 0.3) is 0 Å². The van der Waals surface area contributed by atoms with Crippen LogP contribution in [0.5, 0.6) is 11.5 Å². The molecule has 4 aromatic carbocycles. The molecule has 0 saturated carbocycles. The second-order valence-corrected chi connectivity index (χ2v) is 14.7. The van der Waals surface area contributed by atoms with Gasteiger partial charge in [-0.15, -0.1) is 0 Å². The number of methoxy groups -OCH3 is 2. The molecule has 52 heavy (non-hydrogen) atoms. The van der Waals surface area contributed by atoms with Crippen molar-refractivity contribution < 1.29 is 37.1 Å². The second-order valence-electron chi connectivity index (χ2n) is 12.5. The number of carbonyl (C=O) groups is 4. The molecule has 0 aromatic heterocycles. The molecule has 2 aliphatic rings. The molecule has 4 amide bonds. The Bertz CT molecular complexity index is 2090. The predicted molar refractivity (Wildman–Crippen MR) is 197 cm³/mol. The molecule has 0 unspecified atom stereocenters. The van der Waals surface area contributed by atoms with E-state index in [1.165, 1.54) is 47.9 Å². The van der Waals surface area contributed by atoms with Crippen LogP contribution in [-0.2, 0) is 21.2 Å². The van der Waals surface area contributed by atoms with E-state index in [-0.39, 0.29) is 31.8 Å². The zero-order valence-corrected chi connectivity index (χ0v) is 30.1. The van der Waals surface area contributed by atoms with Crippen molar-refractivity contribution in [2.24, 2.45) is 0 Å². The van der Waals surface area contributed by atoms with E-state index in [2.05, 4.69) is 0 Å². The largest absolute Gasteiger partial charge is 0.495 e. The Hall–Kier alpha value is -5.73. The molecule has 0 radical (unpaired) electrons. The first-order valence-electron chi connectivity index (χ1n) is 16.6. The molecule has 0 spiro atoms. The van der Waals surface area contributed by atoms with E-state index >= 15 is 0 Å². The average Bonchev–Trinajstić information content (AvgIpc) is 3.28. The summed E-state index contributed by atoms with van der Waals surface area (Å²) in [5.41, 5.74) is 2.56. The number of anilines is 4. The molecular formula is C38H39N5O8S. The highest BCUT2D eigenvalue weighted by atomic mass is 32.2. The third-order valence-corrected chi connectivity index (χ3v) is 11.0. The summed E-state index contributed by atoms with van der Waals surface area (Å²) in [4.78, 5) is 62.6. The van der Waals surface area contributed by atoms with Gasteiger partial charge in [0.15, 0.2) is 11.6 Å². The third kappa shape index (κ3) is 6.82. The van der Waals surface area contributed by atoms with Crippen molar-refractivity contribution in [1.29, 1.82) is 0 Å². The molecule has 2 heterocycles. The summed E-state index contributed by atoms with van der Waals surface area (Å²) in [6, 6.07) is 25.1. The summed E-state index contributed by atoms with van der Waals surface area (Å²) in [6.07, 6.45) is 0.0599. The number of piperazine rings is 1. The number of rotatable bonds is 8. The van der Waals surface area contributed by atoms with Crippen LogP contribution in [0, 0.1) is 0 Å². The molecule has 13 nitrogen and oxygen atoms in total. The number of para-hydroxylation sites is 6. The summed E-state index contributed by atoms with van der Waals surface area (Å²) >= 11 is 0. The molecule has 0 N–H and O–H groups in total. The number of carbonyl (C=O) groups excluding carboxylic acids is 4. The second kappa shape index (κ2) is 14.9. The molecule has 14 heteroatoms. The van der Waals surface area contributed by atoms with E-state index in [9.17, 15) is 27.6 Å². The number of fused-ring (bicyclic) bond motifs is 2. The zero-order chi connectivity index (χ0) is 37.2. The molecule has 6 rings (SSSR count). The van der Waals surface area contributed by atoms with Crippen LogP contribution in [0.4, 0.5) is 32.3 Å².